The highest BCUT2D eigenvalue weighted by molar-refractivity contribution is 5.88. The molecule has 0 fully saturated rings. The van der Waals surface area contributed by atoms with E-state index in [0.29, 0.717) is 108 Å². The molecule has 0 saturated carbocycles. The van der Waals surface area contributed by atoms with E-state index >= 15 is 0 Å². The highest BCUT2D eigenvalue weighted by Crippen LogP contribution is 2.26. The normalized spacial score (nSPS) is 11.3. The molecule has 0 radical (unpaired) electrons. The van der Waals surface area contributed by atoms with Crippen LogP contribution in [-0.2, 0) is 0 Å². The van der Waals surface area contributed by atoms with Crippen molar-refractivity contribution in [1.82, 2.24) is 147 Å². The monoisotopic (exact) mass is 1430 g/mol. The summed E-state index contributed by atoms with van der Waals surface area (Å²) in [7, 11) is 0. The molecule has 14 N–H and O–H groups in total. The lowest BCUT2D eigenvalue weighted by atomic mass is 10.2. The second-order valence-electron chi connectivity index (χ2n) is 25.8. The van der Waals surface area contributed by atoms with E-state index in [1.165, 1.54) is 50.5 Å². The first-order valence-corrected chi connectivity index (χ1v) is 33.4. The molecule has 0 aliphatic rings. The van der Waals surface area contributed by atoms with Crippen LogP contribution in [0.4, 0.5) is 39.2 Å². The summed E-state index contributed by atoms with van der Waals surface area (Å²) in [5.74, 6) is 1.97. The van der Waals surface area contributed by atoms with Crippen LogP contribution in [0, 0.1) is 5.82 Å². The summed E-state index contributed by atoms with van der Waals surface area (Å²) in [5, 5.41) is 21.8. The Kier molecular flexibility index (Phi) is 24.0. The third-order valence-corrected chi connectivity index (χ3v) is 15.8. The summed E-state index contributed by atoms with van der Waals surface area (Å²) < 4.78 is 28.3. The maximum Gasteiger partial charge on any atom is 0.278 e. The van der Waals surface area contributed by atoms with Crippen molar-refractivity contribution in [2.45, 2.75) is 159 Å². The van der Waals surface area contributed by atoms with Gasteiger partial charge in [0, 0.05) is 55.0 Å². The van der Waals surface area contributed by atoms with Gasteiger partial charge in [-0.25, -0.2) is 93.0 Å². The van der Waals surface area contributed by atoms with Crippen molar-refractivity contribution >= 4 is 118 Å². The third kappa shape index (κ3) is 16.9. The van der Waals surface area contributed by atoms with E-state index in [4.69, 9.17) is 34.4 Å². The molecule has 0 aromatic carbocycles. The second kappa shape index (κ2) is 33.1. The van der Waals surface area contributed by atoms with Gasteiger partial charge in [0.05, 0.1) is 71.1 Å². The molecule has 105 heavy (non-hydrogen) atoms. The zero-order chi connectivity index (χ0) is 76.2. The van der Waals surface area contributed by atoms with Crippen molar-refractivity contribution in [2.75, 3.05) is 34.4 Å². The van der Waals surface area contributed by atoms with Crippen LogP contribution >= 0.6 is 0 Å². The molecule has 550 valence electrons. The number of nitrogen functional groups attached to an aromatic ring is 6. The van der Waals surface area contributed by atoms with Crippen molar-refractivity contribution in [3.05, 3.63) is 138 Å². The van der Waals surface area contributed by atoms with Gasteiger partial charge in [-0.2, -0.15) is 5.10 Å². The standard InChI is InChI=1S/C9H11FN4.C9H12N4.C9H11N3O.3C8H11N5.C8H10N4O.C7H10N6/c1-5(2)14-3-6(10)7-8(11)12-4-13-9(7)14;1-6(2)13-4-3-7-8(10)11-5-12-9(7)13;1-6(2)12-4-3-7-8(12)10-5-11-9(7)13;1-5(2)13-4-12-6-7(9)10-3-11-8(6)13;1-5(2)6-3-10-8-7(9)11-4-12-13(6)8;1-5(2)13-8-7(11-12-13)6(9)3-4-10-8;1-5(2)12-4-11-6-7(12)9-3-10-8(6)13;1-4(2)13-7-5(11-12-13)6(8)9-3-10-7/h3-5H,1-2H3,(H2,11,12,13);3-6H,1-2H3,(H2,10,11,12);3-6H,1-2H3,(H,10,11,13);3-5H,1-2H3,(H2,9,10,11);3-5H,1-2H3,(H2,9,11,12);3-5H,1-2H3,(H2,9,10);3-5H,1-2H3,(H,9,10,13);3-4H,1-2H3,(H2,8,9,10). The Labute approximate surface area is 599 Å². The van der Waals surface area contributed by atoms with Crippen LogP contribution < -0.4 is 45.5 Å². The zero-order valence-corrected chi connectivity index (χ0v) is 61.1. The molecule has 0 unspecified atom stereocenters. The second-order valence-corrected chi connectivity index (χ2v) is 25.8. The molecule has 0 amide bonds. The van der Waals surface area contributed by atoms with E-state index in [1.807, 2.05) is 87.6 Å². The summed E-state index contributed by atoms with van der Waals surface area (Å²) in [6.07, 6.45) is 22.1. The molecule has 0 spiro atoms. The fraction of sp³-hybridized carbons (Fsp3) is 0.364. The van der Waals surface area contributed by atoms with E-state index in [2.05, 4.69) is 170 Å². The number of aromatic amines is 2. The number of halogens is 1. The Balaban J connectivity index is 0.000000139. The van der Waals surface area contributed by atoms with Crippen molar-refractivity contribution in [3.8, 4) is 0 Å². The highest BCUT2D eigenvalue weighted by Gasteiger charge is 2.18. The van der Waals surface area contributed by atoms with Gasteiger partial charge in [0.25, 0.3) is 11.1 Å². The van der Waals surface area contributed by atoms with Gasteiger partial charge in [-0.15, -0.1) is 10.2 Å². The average molecular weight is 1440 g/mol. The predicted molar refractivity (Wildman–Crippen MR) is 401 cm³/mol. The molecule has 0 saturated heterocycles. The number of fused-ring (bicyclic) bond motifs is 8. The summed E-state index contributed by atoms with van der Waals surface area (Å²) in [6.45, 7) is 32.7. The van der Waals surface area contributed by atoms with Crippen LogP contribution in [0.15, 0.2) is 116 Å². The minimum Gasteiger partial charge on any atom is -0.397 e. The number of rotatable bonds is 8. The SMILES string of the molecule is CC(C)c1cnc2c(N)ncnn12.CC(C)n1cc(F)c2c(N)ncnc21.CC(C)n1ccc2c(=O)[nH]cnc21.CC(C)n1ccc2c(N)ncnc21.CC(C)n1cnc2c(=O)[nH]cnc21.CC(C)n1cnc2c(N)ncnc21.CC(C)n1nnc2c(N)ccnc21.CC(C)n1nnc2c(N)ncnc21. The van der Waals surface area contributed by atoms with Gasteiger partial charge in [0.1, 0.15) is 65.7 Å². The number of aromatic nitrogens is 30. The van der Waals surface area contributed by atoms with Crippen LogP contribution in [0.5, 0.6) is 0 Å². The van der Waals surface area contributed by atoms with Crippen LogP contribution in [0.1, 0.15) is 165 Å². The number of nitrogens with zero attached hydrogens (tertiary/aromatic N) is 28. The molecule has 39 heteroatoms. The molecule has 0 atom stereocenters. The molecule has 16 rings (SSSR count). The summed E-state index contributed by atoms with van der Waals surface area (Å²) >= 11 is 0. The number of anilines is 6. The first kappa shape index (κ1) is 76.1. The molecule has 0 aliphatic carbocycles. The fourth-order valence-corrected chi connectivity index (χ4v) is 10.3. The van der Waals surface area contributed by atoms with Gasteiger partial charge in [-0.1, -0.05) is 24.3 Å². The van der Waals surface area contributed by atoms with Gasteiger partial charge >= 0.3 is 0 Å². The van der Waals surface area contributed by atoms with E-state index < -0.39 is 0 Å². The first-order chi connectivity index (χ1) is 50.0. The minimum absolute atomic E-state index is 0.0793. The Hall–Kier alpha value is -13.1. The number of nitrogens with one attached hydrogen (secondary N) is 2. The Morgan fingerprint density at radius 2 is 0.857 bits per heavy atom. The van der Waals surface area contributed by atoms with Crippen molar-refractivity contribution in [1.29, 1.82) is 0 Å². The Morgan fingerprint density at radius 3 is 1.44 bits per heavy atom. The van der Waals surface area contributed by atoms with Crippen molar-refractivity contribution in [3.63, 3.8) is 0 Å². The topological polar surface area (TPSA) is 519 Å². The number of nitrogens with two attached hydrogens (primary N) is 6. The summed E-state index contributed by atoms with van der Waals surface area (Å²) in [5.41, 5.74) is 43.3. The van der Waals surface area contributed by atoms with Crippen molar-refractivity contribution < 1.29 is 4.39 Å². The number of hydrogen-bond donors (Lipinski definition) is 8. The first-order valence-electron chi connectivity index (χ1n) is 33.4. The quantitative estimate of drug-likeness (QED) is 0.0706. The molecule has 16 heterocycles. The summed E-state index contributed by atoms with van der Waals surface area (Å²) in [4.78, 5) is 87.9. The molecule has 0 bridgehead atoms. The van der Waals surface area contributed by atoms with E-state index in [0.717, 1.165) is 33.7 Å². The van der Waals surface area contributed by atoms with Gasteiger partial charge < -0.3 is 67.2 Å². The third-order valence-electron chi connectivity index (χ3n) is 15.8. The van der Waals surface area contributed by atoms with E-state index in [1.54, 1.807) is 55.6 Å². The largest absolute Gasteiger partial charge is 0.397 e. The predicted octanol–water partition coefficient (Wildman–Crippen LogP) is 8.53. The zero-order valence-electron chi connectivity index (χ0n) is 61.1. The van der Waals surface area contributed by atoms with Crippen LogP contribution in [0.3, 0.4) is 0 Å². The number of imidazole rings is 3. The molecular formula is C66H87FN36O2. The lowest BCUT2D eigenvalue weighted by molar-refractivity contribution is 0.526. The Bertz CT molecular complexity index is 5100. The van der Waals surface area contributed by atoms with Crippen molar-refractivity contribution in [2.24, 2.45) is 0 Å². The maximum absolute atomic E-state index is 13.4. The lowest BCUT2D eigenvalue weighted by Crippen LogP contribution is -2.08. The van der Waals surface area contributed by atoms with Gasteiger partial charge in [-0.05, 0) is 121 Å². The van der Waals surface area contributed by atoms with Crippen LogP contribution in [-0.4, -0.2) is 147 Å². The number of hydrogen-bond acceptors (Lipinski definition) is 28. The van der Waals surface area contributed by atoms with Crippen LogP contribution in [0.2, 0.25) is 0 Å². The Morgan fingerprint density at radius 1 is 0.390 bits per heavy atom. The molecule has 16 aromatic heterocycles. The number of H-pyrrole nitrogens is 2. The summed E-state index contributed by atoms with van der Waals surface area (Å²) in [6, 6.07) is 7.40. The maximum atomic E-state index is 13.4. The van der Waals surface area contributed by atoms with Gasteiger partial charge in [-0.3, -0.25) is 9.59 Å². The minimum atomic E-state index is -0.369. The average Bonchev–Trinajstić information content (AvgIpc) is 1.62. The fourth-order valence-electron chi connectivity index (χ4n) is 10.3. The van der Waals surface area contributed by atoms with E-state index in [-0.39, 0.29) is 46.9 Å². The lowest BCUT2D eigenvalue weighted by Gasteiger charge is -2.07. The van der Waals surface area contributed by atoms with Crippen LogP contribution in [0.25, 0.3) is 83.4 Å². The smallest absolute Gasteiger partial charge is 0.278 e. The molecular weight excluding hydrogens is 1350 g/mol. The van der Waals surface area contributed by atoms with E-state index in [9.17, 15) is 14.0 Å². The molecule has 16 aromatic rings. The highest BCUT2D eigenvalue weighted by atomic mass is 19.1. The molecule has 0 aliphatic heterocycles. The van der Waals surface area contributed by atoms with Gasteiger partial charge in [0.2, 0.25) is 0 Å². The van der Waals surface area contributed by atoms with Gasteiger partial charge in [0.15, 0.2) is 68.1 Å². The number of pyridine rings is 1. The molecule has 38 nitrogen and oxygen atoms in total.